The Morgan fingerprint density at radius 2 is 1.56 bits per heavy atom. The number of hydrogen-bond donors (Lipinski definition) is 1. The number of anilines is 1. The maximum absolute atomic E-state index is 13.2. The van der Waals surface area contributed by atoms with Gasteiger partial charge < -0.3 is 14.5 Å². The van der Waals surface area contributed by atoms with Crippen LogP contribution in [0.4, 0.5) is 5.69 Å². The molecule has 0 radical (unpaired) electrons. The summed E-state index contributed by atoms with van der Waals surface area (Å²) < 4.78 is 11.6. The number of rotatable bonds is 7. The molecule has 0 aliphatic carbocycles. The highest BCUT2D eigenvalue weighted by Crippen LogP contribution is 2.33. The third-order valence-electron chi connectivity index (χ3n) is 5.05. The molecule has 5 heteroatoms. The molecule has 5 nitrogen and oxygen atoms in total. The van der Waals surface area contributed by atoms with Crippen LogP contribution in [-0.2, 0) is 0 Å². The minimum absolute atomic E-state index is 0.111. The van der Waals surface area contributed by atoms with Gasteiger partial charge >= 0.3 is 0 Å². The van der Waals surface area contributed by atoms with E-state index >= 15 is 0 Å². The molecule has 0 atom stereocenters. The Morgan fingerprint density at radius 3 is 2.25 bits per heavy atom. The number of carbonyl (C=O) groups excluding carboxylic acids is 2. The number of carbonyl (C=O) groups is 2. The number of ketones is 1. The van der Waals surface area contributed by atoms with Crippen LogP contribution in [0.2, 0.25) is 0 Å². The van der Waals surface area contributed by atoms with Gasteiger partial charge in [0.1, 0.15) is 11.3 Å². The first-order valence-electron chi connectivity index (χ1n) is 10.6. The highest BCUT2D eigenvalue weighted by atomic mass is 16.5. The molecule has 4 rings (SSSR count). The van der Waals surface area contributed by atoms with E-state index < -0.39 is 0 Å². The molecule has 1 aromatic heterocycles. The van der Waals surface area contributed by atoms with E-state index in [2.05, 4.69) is 19.2 Å². The Bertz CT molecular complexity index is 1250. The van der Waals surface area contributed by atoms with Crippen molar-refractivity contribution < 1.29 is 18.7 Å². The van der Waals surface area contributed by atoms with Crippen molar-refractivity contribution in [2.75, 3.05) is 11.9 Å². The van der Waals surface area contributed by atoms with E-state index in [1.807, 2.05) is 37.3 Å². The van der Waals surface area contributed by atoms with E-state index in [4.69, 9.17) is 9.15 Å². The topological polar surface area (TPSA) is 68.5 Å². The Morgan fingerprint density at radius 1 is 0.906 bits per heavy atom. The number of hydrogen-bond acceptors (Lipinski definition) is 4. The molecule has 0 bridgehead atoms. The molecule has 1 amide bonds. The Balaban J connectivity index is 1.63. The van der Waals surface area contributed by atoms with Crippen LogP contribution in [0.3, 0.4) is 0 Å². The summed E-state index contributed by atoms with van der Waals surface area (Å²) in [7, 11) is 0. The van der Waals surface area contributed by atoms with Crippen molar-refractivity contribution in [2.45, 2.75) is 20.8 Å². The molecule has 0 saturated heterocycles. The number of furan rings is 1. The lowest BCUT2D eigenvalue weighted by atomic mass is 10.1. The van der Waals surface area contributed by atoms with Crippen molar-refractivity contribution >= 4 is 28.3 Å². The average Bonchev–Trinajstić information content (AvgIpc) is 3.16. The first-order chi connectivity index (χ1) is 15.4. The van der Waals surface area contributed by atoms with Crippen molar-refractivity contribution in [1.82, 2.24) is 0 Å². The van der Waals surface area contributed by atoms with Gasteiger partial charge in [0.15, 0.2) is 5.76 Å². The fraction of sp³-hybridized carbons (Fsp3) is 0.185. The largest absolute Gasteiger partial charge is 0.493 e. The van der Waals surface area contributed by atoms with Gasteiger partial charge in [0.2, 0.25) is 5.78 Å². The van der Waals surface area contributed by atoms with Gasteiger partial charge in [-0.1, -0.05) is 55.8 Å². The van der Waals surface area contributed by atoms with Crippen molar-refractivity contribution in [1.29, 1.82) is 0 Å². The summed E-state index contributed by atoms with van der Waals surface area (Å²) in [6.45, 7) is 6.72. The van der Waals surface area contributed by atoms with Gasteiger partial charge in [0.25, 0.3) is 5.91 Å². The van der Waals surface area contributed by atoms with Crippen LogP contribution in [0, 0.1) is 12.8 Å². The Kier molecular flexibility index (Phi) is 6.08. The first-order valence-corrected chi connectivity index (χ1v) is 10.6. The molecule has 1 heterocycles. The second-order valence-corrected chi connectivity index (χ2v) is 8.18. The monoisotopic (exact) mass is 427 g/mol. The molecule has 162 valence electrons. The summed E-state index contributed by atoms with van der Waals surface area (Å²) in [5.74, 6) is 0.621. The second kappa shape index (κ2) is 9.10. The van der Waals surface area contributed by atoms with Crippen LogP contribution in [0.15, 0.2) is 77.2 Å². The van der Waals surface area contributed by atoms with Crippen LogP contribution in [0.5, 0.6) is 5.75 Å². The van der Waals surface area contributed by atoms with Gasteiger partial charge in [-0.05, 0) is 49.2 Å². The molecule has 32 heavy (non-hydrogen) atoms. The highest BCUT2D eigenvalue weighted by molar-refractivity contribution is 6.18. The summed E-state index contributed by atoms with van der Waals surface area (Å²) >= 11 is 0. The summed E-state index contributed by atoms with van der Waals surface area (Å²) in [5.41, 5.74) is 2.92. The number of benzene rings is 3. The maximum Gasteiger partial charge on any atom is 0.255 e. The first kappa shape index (κ1) is 21.4. The number of para-hydroxylation sites is 1. The number of amides is 1. The zero-order valence-corrected chi connectivity index (χ0v) is 18.3. The summed E-state index contributed by atoms with van der Waals surface area (Å²) in [5, 5.41) is 3.56. The van der Waals surface area contributed by atoms with Gasteiger partial charge in [0, 0.05) is 16.5 Å². The summed E-state index contributed by atoms with van der Waals surface area (Å²) in [6, 6.07) is 21.5. The average molecular weight is 428 g/mol. The molecular weight excluding hydrogens is 402 g/mol. The van der Waals surface area contributed by atoms with Gasteiger partial charge in [-0.2, -0.15) is 0 Å². The minimum atomic E-state index is -0.329. The van der Waals surface area contributed by atoms with Gasteiger partial charge in [-0.15, -0.1) is 0 Å². The van der Waals surface area contributed by atoms with Crippen molar-refractivity contribution in [2.24, 2.45) is 5.92 Å². The smallest absolute Gasteiger partial charge is 0.255 e. The fourth-order valence-corrected chi connectivity index (χ4v) is 3.32. The van der Waals surface area contributed by atoms with Crippen molar-refractivity contribution in [3.05, 3.63) is 95.2 Å². The lowest BCUT2D eigenvalue weighted by Gasteiger charge is -2.10. The van der Waals surface area contributed by atoms with Crippen molar-refractivity contribution in [3.8, 4) is 5.75 Å². The van der Waals surface area contributed by atoms with E-state index in [9.17, 15) is 9.59 Å². The summed E-state index contributed by atoms with van der Waals surface area (Å²) in [4.78, 5) is 26.2. The lowest BCUT2D eigenvalue weighted by molar-refractivity contribution is 0.101. The molecule has 0 aliphatic heterocycles. The molecule has 0 saturated carbocycles. The maximum atomic E-state index is 13.2. The normalized spacial score (nSPS) is 11.0. The molecule has 0 aliphatic rings. The van der Waals surface area contributed by atoms with E-state index in [0.717, 1.165) is 5.56 Å². The minimum Gasteiger partial charge on any atom is -0.493 e. The molecule has 0 spiro atoms. The van der Waals surface area contributed by atoms with E-state index in [0.29, 0.717) is 46.1 Å². The van der Waals surface area contributed by atoms with Gasteiger partial charge in [-0.3, -0.25) is 9.59 Å². The number of fused-ring (bicyclic) bond motifs is 1. The lowest BCUT2D eigenvalue weighted by Crippen LogP contribution is -2.14. The second-order valence-electron chi connectivity index (χ2n) is 8.18. The number of aryl methyl sites for hydroxylation is 1. The number of ether oxygens (including phenoxy) is 1. The van der Waals surface area contributed by atoms with Gasteiger partial charge in [-0.25, -0.2) is 0 Å². The molecule has 1 N–H and O–H groups in total. The van der Waals surface area contributed by atoms with Crippen molar-refractivity contribution in [3.63, 3.8) is 0 Å². The molecule has 3 aromatic carbocycles. The van der Waals surface area contributed by atoms with Crippen LogP contribution < -0.4 is 10.1 Å². The fourth-order valence-electron chi connectivity index (χ4n) is 3.32. The zero-order chi connectivity index (χ0) is 22.7. The molecule has 0 unspecified atom stereocenters. The van der Waals surface area contributed by atoms with E-state index in [-0.39, 0.29) is 17.5 Å². The Labute approximate surface area is 187 Å². The third kappa shape index (κ3) is 4.57. The SMILES string of the molecule is Cc1ccc(C(=O)c2oc3ccccc3c2NC(=O)c2ccc(OCC(C)C)cc2)cc1. The van der Waals surface area contributed by atoms with Crippen LogP contribution in [0.25, 0.3) is 11.0 Å². The summed E-state index contributed by atoms with van der Waals surface area (Å²) in [6.07, 6.45) is 0. The molecular formula is C27H25NO4. The van der Waals surface area contributed by atoms with Crippen LogP contribution in [-0.4, -0.2) is 18.3 Å². The van der Waals surface area contributed by atoms with E-state index in [1.165, 1.54) is 0 Å². The predicted molar refractivity (Wildman–Crippen MR) is 126 cm³/mol. The Hall–Kier alpha value is -3.86. The zero-order valence-electron chi connectivity index (χ0n) is 18.3. The molecule has 0 fully saturated rings. The van der Waals surface area contributed by atoms with Gasteiger partial charge in [0.05, 0.1) is 12.3 Å². The van der Waals surface area contributed by atoms with Crippen LogP contribution >= 0.6 is 0 Å². The standard InChI is InChI=1S/C27H25NO4/c1-17(2)16-31-21-14-12-20(13-15-21)27(30)28-24-22-6-4-5-7-23(22)32-26(24)25(29)19-10-8-18(3)9-11-19/h4-15,17H,16H2,1-3H3,(H,28,30). The van der Waals surface area contributed by atoms with Crippen LogP contribution in [0.1, 0.15) is 45.9 Å². The third-order valence-corrected chi connectivity index (χ3v) is 5.05. The quantitative estimate of drug-likeness (QED) is 0.354. The predicted octanol–water partition coefficient (Wildman–Crippen LogP) is 6.26. The highest BCUT2D eigenvalue weighted by Gasteiger charge is 2.23. The molecule has 4 aromatic rings. The number of nitrogens with one attached hydrogen (secondary N) is 1. The van der Waals surface area contributed by atoms with E-state index in [1.54, 1.807) is 42.5 Å².